The van der Waals surface area contributed by atoms with E-state index in [0.717, 1.165) is 23.0 Å². The Morgan fingerprint density at radius 3 is 2.33 bits per heavy atom. The lowest BCUT2D eigenvalue weighted by atomic mass is 9.99. The monoisotopic (exact) mass is 260 g/mol. The van der Waals surface area contributed by atoms with Crippen molar-refractivity contribution < 1.29 is 9.53 Å². The number of halogens is 1. The average molecular weight is 261 g/mol. The Hall–Kier alpha value is -1.80. The highest BCUT2D eigenvalue weighted by Gasteiger charge is 2.09. The highest BCUT2D eigenvalue weighted by atomic mass is 35.5. The van der Waals surface area contributed by atoms with E-state index in [2.05, 4.69) is 0 Å². The molecule has 0 radical (unpaired) electrons. The van der Waals surface area contributed by atoms with Gasteiger partial charge in [-0.3, -0.25) is 4.79 Å². The fourth-order valence-corrected chi connectivity index (χ4v) is 2.10. The maximum atomic E-state index is 11.1. The second-order valence-electron chi connectivity index (χ2n) is 4.04. The van der Waals surface area contributed by atoms with Gasteiger partial charge in [0.15, 0.2) is 6.29 Å². The first-order chi connectivity index (χ1) is 8.65. The van der Waals surface area contributed by atoms with E-state index in [0.29, 0.717) is 16.3 Å². The third-order valence-electron chi connectivity index (χ3n) is 2.81. The van der Waals surface area contributed by atoms with Crippen LogP contribution >= 0.6 is 11.6 Å². The summed E-state index contributed by atoms with van der Waals surface area (Å²) in [5, 5.41) is 0.694. The van der Waals surface area contributed by atoms with Crippen LogP contribution in [0.5, 0.6) is 5.75 Å². The van der Waals surface area contributed by atoms with Crippen molar-refractivity contribution in [2.45, 2.75) is 6.92 Å². The lowest BCUT2D eigenvalue weighted by Gasteiger charge is -2.10. The van der Waals surface area contributed by atoms with Crippen LogP contribution in [0, 0.1) is 6.92 Å². The number of benzene rings is 2. The van der Waals surface area contributed by atoms with Gasteiger partial charge in [-0.15, -0.1) is 0 Å². The van der Waals surface area contributed by atoms with Crippen molar-refractivity contribution in [2.75, 3.05) is 7.11 Å². The standard InChI is InChI=1S/C15H13ClO2/c1-10-7-12(8-13(9-17)15(10)18-2)11-3-5-14(16)6-4-11/h3-9H,1-2H3. The van der Waals surface area contributed by atoms with Crippen molar-refractivity contribution in [3.63, 3.8) is 0 Å². The molecule has 0 atom stereocenters. The van der Waals surface area contributed by atoms with Crippen LogP contribution in [-0.2, 0) is 0 Å². The molecule has 0 heterocycles. The Morgan fingerprint density at radius 1 is 1.11 bits per heavy atom. The molecule has 0 saturated carbocycles. The summed E-state index contributed by atoms with van der Waals surface area (Å²) in [4.78, 5) is 11.1. The largest absolute Gasteiger partial charge is 0.496 e. The molecule has 0 aliphatic heterocycles. The van der Waals surface area contributed by atoms with E-state index in [-0.39, 0.29) is 0 Å². The number of hydrogen-bond donors (Lipinski definition) is 0. The molecule has 2 nitrogen and oxygen atoms in total. The summed E-state index contributed by atoms with van der Waals surface area (Å²) in [6.45, 7) is 1.92. The van der Waals surface area contributed by atoms with Crippen molar-refractivity contribution >= 4 is 17.9 Å². The van der Waals surface area contributed by atoms with Gasteiger partial charge in [-0.25, -0.2) is 0 Å². The molecule has 0 N–H and O–H groups in total. The minimum atomic E-state index is 0.558. The third kappa shape index (κ3) is 2.39. The molecule has 0 saturated heterocycles. The number of carbonyl (C=O) groups excluding carboxylic acids is 1. The van der Waals surface area contributed by atoms with Gasteiger partial charge in [0, 0.05) is 5.02 Å². The van der Waals surface area contributed by atoms with E-state index in [1.54, 1.807) is 7.11 Å². The molecule has 2 rings (SSSR count). The van der Waals surface area contributed by atoms with E-state index >= 15 is 0 Å². The fraction of sp³-hybridized carbons (Fsp3) is 0.133. The quantitative estimate of drug-likeness (QED) is 0.776. The second-order valence-corrected chi connectivity index (χ2v) is 4.48. The first-order valence-electron chi connectivity index (χ1n) is 5.55. The molecule has 0 unspecified atom stereocenters. The van der Waals surface area contributed by atoms with Crippen molar-refractivity contribution in [2.24, 2.45) is 0 Å². The predicted molar refractivity (Wildman–Crippen MR) is 73.6 cm³/mol. The highest BCUT2D eigenvalue weighted by molar-refractivity contribution is 6.30. The molecule has 0 aliphatic rings. The van der Waals surface area contributed by atoms with Gasteiger partial charge in [0.05, 0.1) is 12.7 Å². The smallest absolute Gasteiger partial charge is 0.153 e. The number of carbonyl (C=O) groups is 1. The van der Waals surface area contributed by atoms with Crippen molar-refractivity contribution in [3.8, 4) is 16.9 Å². The lowest BCUT2D eigenvalue weighted by molar-refractivity contribution is 0.112. The predicted octanol–water partition coefficient (Wildman–Crippen LogP) is 4.14. The van der Waals surface area contributed by atoms with Crippen LogP contribution in [-0.4, -0.2) is 13.4 Å². The van der Waals surface area contributed by atoms with Crippen LogP contribution in [0.25, 0.3) is 11.1 Å². The first-order valence-corrected chi connectivity index (χ1v) is 5.93. The molecular formula is C15H13ClO2. The fourth-order valence-electron chi connectivity index (χ4n) is 1.98. The maximum absolute atomic E-state index is 11.1. The minimum Gasteiger partial charge on any atom is -0.496 e. The molecule has 0 bridgehead atoms. The van der Waals surface area contributed by atoms with E-state index in [4.69, 9.17) is 16.3 Å². The molecule has 2 aromatic rings. The van der Waals surface area contributed by atoms with Gasteiger partial charge in [-0.1, -0.05) is 23.7 Å². The van der Waals surface area contributed by atoms with Crippen LogP contribution in [0.3, 0.4) is 0 Å². The number of hydrogen-bond acceptors (Lipinski definition) is 2. The van der Waals surface area contributed by atoms with Crippen LogP contribution in [0.4, 0.5) is 0 Å². The Bertz CT molecular complexity index is 574. The molecule has 18 heavy (non-hydrogen) atoms. The van der Waals surface area contributed by atoms with Gasteiger partial charge >= 0.3 is 0 Å². The number of aldehydes is 1. The topological polar surface area (TPSA) is 26.3 Å². The molecule has 3 heteroatoms. The van der Waals surface area contributed by atoms with Gasteiger partial charge in [0.25, 0.3) is 0 Å². The number of rotatable bonds is 3. The lowest BCUT2D eigenvalue weighted by Crippen LogP contribution is -1.94. The molecule has 0 fully saturated rings. The molecule has 0 aliphatic carbocycles. The second kappa shape index (κ2) is 5.23. The van der Waals surface area contributed by atoms with Crippen molar-refractivity contribution in [3.05, 3.63) is 52.5 Å². The molecule has 2 aromatic carbocycles. The molecular weight excluding hydrogens is 248 g/mol. The van der Waals surface area contributed by atoms with E-state index in [9.17, 15) is 4.79 Å². The zero-order valence-corrected chi connectivity index (χ0v) is 11.0. The number of ether oxygens (including phenoxy) is 1. The van der Waals surface area contributed by atoms with Crippen LogP contribution in [0.1, 0.15) is 15.9 Å². The Morgan fingerprint density at radius 2 is 1.78 bits per heavy atom. The van der Waals surface area contributed by atoms with Gasteiger partial charge < -0.3 is 4.74 Å². The Balaban J connectivity index is 2.55. The summed E-state index contributed by atoms with van der Waals surface area (Å²) >= 11 is 5.86. The zero-order valence-electron chi connectivity index (χ0n) is 10.2. The zero-order chi connectivity index (χ0) is 13.1. The summed E-state index contributed by atoms with van der Waals surface area (Å²) in [6, 6.07) is 11.3. The summed E-state index contributed by atoms with van der Waals surface area (Å²) in [7, 11) is 1.57. The van der Waals surface area contributed by atoms with Crippen molar-refractivity contribution in [1.82, 2.24) is 0 Å². The van der Waals surface area contributed by atoms with Gasteiger partial charge in [-0.2, -0.15) is 0 Å². The summed E-state index contributed by atoms with van der Waals surface area (Å²) in [6.07, 6.45) is 0.811. The van der Waals surface area contributed by atoms with Crippen LogP contribution in [0.2, 0.25) is 5.02 Å². The molecule has 0 aromatic heterocycles. The number of aryl methyl sites for hydroxylation is 1. The Kier molecular flexibility index (Phi) is 3.68. The summed E-state index contributed by atoms with van der Waals surface area (Å²) in [5.41, 5.74) is 3.50. The summed E-state index contributed by atoms with van der Waals surface area (Å²) in [5.74, 6) is 0.628. The molecule has 0 spiro atoms. The minimum absolute atomic E-state index is 0.558. The van der Waals surface area contributed by atoms with Gasteiger partial charge in [0.1, 0.15) is 5.75 Å². The van der Waals surface area contributed by atoms with Gasteiger partial charge in [-0.05, 0) is 47.9 Å². The third-order valence-corrected chi connectivity index (χ3v) is 3.06. The molecule has 0 amide bonds. The Labute approximate surface area is 111 Å². The van der Waals surface area contributed by atoms with E-state index in [1.165, 1.54) is 0 Å². The van der Waals surface area contributed by atoms with E-state index < -0.39 is 0 Å². The van der Waals surface area contributed by atoms with Crippen LogP contribution < -0.4 is 4.74 Å². The molecule has 92 valence electrons. The van der Waals surface area contributed by atoms with Crippen LogP contribution in [0.15, 0.2) is 36.4 Å². The van der Waals surface area contributed by atoms with Crippen molar-refractivity contribution in [1.29, 1.82) is 0 Å². The first kappa shape index (κ1) is 12.7. The summed E-state index contributed by atoms with van der Waals surface area (Å²) < 4.78 is 5.22. The highest BCUT2D eigenvalue weighted by Crippen LogP contribution is 2.30. The maximum Gasteiger partial charge on any atom is 0.153 e. The average Bonchev–Trinajstić information content (AvgIpc) is 2.38. The van der Waals surface area contributed by atoms with E-state index in [1.807, 2.05) is 43.3 Å². The van der Waals surface area contributed by atoms with Gasteiger partial charge in [0.2, 0.25) is 0 Å². The normalized spacial score (nSPS) is 10.2. The SMILES string of the molecule is COc1c(C)cc(-c2ccc(Cl)cc2)cc1C=O. The number of methoxy groups -OCH3 is 1.